The van der Waals surface area contributed by atoms with E-state index in [1.807, 2.05) is 44.4 Å². The quantitative estimate of drug-likeness (QED) is 0.412. The fourth-order valence-electron chi connectivity index (χ4n) is 4.31. The van der Waals surface area contributed by atoms with Crippen molar-refractivity contribution in [2.75, 3.05) is 6.54 Å². The van der Waals surface area contributed by atoms with Crippen LogP contribution < -0.4 is 0 Å². The van der Waals surface area contributed by atoms with Gasteiger partial charge in [-0.2, -0.15) is 5.10 Å². The van der Waals surface area contributed by atoms with Gasteiger partial charge in [0.15, 0.2) is 0 Å². The van der Waals surface area contributed by atoms with Crippen LogP contribution in [0.1, 0.15) is 58.8 Å². The molecule has 170 valence electrons. The van der Waals surface area contributed by atoms with E-state index in [9.17, 15) is 4.79 Å². The number of halogens is 1. The van der Waals surface area contributed by atoms with Crippen LogP contribution in [-0.4, -0.2) is 37.3 Å². The Kier molecular flexibility index (Phi) is 5.76. The van der Waals surface area contributed by atoms with Crippen molar-refractivity contribution in [3.8, 4) is 11.3 Å². The van der Waals surface area contributed by atoms with E-state index in [1.165, 1.54) is 0 Å². The first-order chi connectivity index (χ1) is 16.0. The minimum absolute atomic E-state index is 0.197. The molecule has 5 rings (SSSR count). The number of hydrogen-bond donors (Lipinski definition) is 0. The van der Waals surface area contributed by atoms with Crippen molar-refractivity contribution in [2.45, 2.75) is 38.6 Å². The summed E-state index contributed by atoms with van der Waals surface area (Å²) in [7, 11) is 1.84. The number of carbonyl (C=O) groups excluding carboxylic acids is 1. The number of hydrogen-bond acceptors (Lipinski definition) is 6. The lowest BCUT2D eigenvalue weighted by atomic mass is 10.0. The van der Waals surface area contributed by atoms with Gasteiger partial charge in [0.2, 0.25) is 11.7 Å². The molecule has 8 nitrogen and oxygen atoms in total. The second kappa shape index (κ2) is 8.86. The molecule has 0 radical (unpaired) electrons. The van der Waals surface area contributed by atoms with Gasteiger partial charge in [0, 0.05) is 42.9 Å². The van der Waals surface area contributed by atoms with Crippen molar-refractivity contribution in [1.29, 1.82) is 0 Å². The fraction of sp³-hybridized carbons (Fsp3) is 0.333. The van der Waals surface area contributed by atoms with Crippen LogP contribution in [0.3, 0.4) is 0 Å². The van der Waals surface area contributed by atoms with E-state index in [4.69, 9.17) is 20.5 Å². The monoisotopic (exact) mass is 465 g/mol. The molecule has 0 aliphatic carbocycles. The number of rotatable bonds is 5. The summed E-state index contributed by atoms with van der Waals surface area (Å²) in [5.74, 6) is 1.23. The Hall–Kier alpha value is -3.39. The van der Waals surface area contributed by atoms with Crippen molar-refractivity contribution < 1.29 is 13.7 Å². The summed E-state index contributed by atoms with van der Waals surface area (Å²) < 4.78 is 13.2. The number of piperidine rings is 1. The Balaban J connectivity index is 1.36. The summed E-state index contributed by atoms with van der Waals surface area (Å²) >= 11 is 6.28. The van der Waals surface area contributed by atoms with Crippen LogP contribution >= 0.6 is 11.6 Å². The van der Waals surface area contributed by atoms with Crippen molar-refractivity contribution in [3.63, 3.8) is 0 Å². The molecule has 0 bridgehead atoms. The van der Waals surface area contributed by atoms with Gasteiger partial charge in [0.25, 0.3) is 5.91 Å². The maximum absolute atomic E-state index is 13.3. The number of likely N-dealkylation sites (tertiary alicyclic amines) is 1. The summed E-state index contributed by atoms with van der Waals surface area (Å²) in [6.07, 6.45) is 6.81. The summed E-state index contributed by atoms with van der Waals surface area (Å²) in [4.78, 5) is 19.6. The molecule has 1 saturated heterocycles. The van der Waals surface area contributed by atoms with Gasteiger partial charge in [0.05, 0.1) is 11.9 Å². The van der Waals surface area contributed by atoms with Crippen LogP contribution in [0, 0.1) is 6.92 Å². The molecule has 1 fully saturated rings. The zero-order valence-corrected chi connectivity index (χ0v) is 19.2. The highest BCUT2D eigenvalue weighted by Crippen LogP contribution is 2.33. The Morgan fingerprint density at radius 3 is 2.91 bits per heavy atom. The molecule has 0 N–H and O–H groups in total. The molecule has 1 aliphatic rings. The van der Waals surface area contributed by atoms with E-state index < -0.39 is 0 Å². The molecular weight excluding hydrogens is 442 g/mol. The normalized spacial score (nSPS) is 16.3. The first-order valence-electron chi connectivity index (χ1n) is 11.0. The Morgan fingerprint density at radius 1 is 1.27 bits per heavy atom. The fourth-order valence-corrected chi connectivity index (χ4v) is 4.52. The van der Waals surface area contributed by atoms with Crippen LogP contribution in [0.25, 0.3) is 11.3 Å². The second-order valence-corrected chi connectivity index (χ2v) is 8.73. The number of aryl methyl sites for hydroxylation is 2. The standard InChI is InChI=1S/C24H24ClN5O3/c1-15-18(14-29(2)27-15)20-12-22(33-28-20)24(31)30-10-6-5-9-21(30)23-26-13-17(32-23)11-16-7-3-4-8-19(16)25/h3-4,7-8,12-14,21H,5-6,9-11H2,1-2H3/t21-/m1/s1. The highest BCUT2D eigenvalue weighted by molar-refractivity contribution is 6.31. The molecular formula is C24H24ClN5O3. The van der Waals surface area contributed by atoms with E-state index in [0.29, 0.717) is 35.3 Å². The number of carbonyl (C=O) groups is 1. The topological polar surface area (TPSA) is 90.2 Å². The third kappa shape index (κ3) is 4.30. The van der Waals surface area contributed by atoms with E-state index in [1.54, 1.807) is 21.8 Å². The molecule has 4 heterocycles. The van der Waals surface area contributed by atoms with Crippen LogP contribution in [0.5, 0.6) is 0 Å². The lowest BCUT2D eigenvalue weighted by Gasteiger charge is -2.32. The molecule has 0 spiro atoms. The average molecular weight is 466 g/mol. The van der Waals surface area contributed by atoms with E-state index in [2.05, 4.69) is 15.2 Å². The highest BCUT2D eigenvalue weighted by Gasteiger charge is 2.34. The zero-order chi connectivity index (χ0) is 22.9. The SMILES string of the molecule is Cc1nn(C)cc1-c1cc(C(=O)N2CCCC[C@@H]2c2ncc(Cc3ccccc3Cl)o2)on1. The third-order valence-corrected chi connectivity index (χ3v) is 6.32. The number of benzene rings is 1. The van der Waals surface area contributed by atoms with Crippen LogP contribution in [0.15, 0.2) is 51.7 Å². The molecule has 1 atom stereocenters. The Labute approximate surface area is 196 Å². The molecule has 0 saturated carbocycles. The molecule has 9 heteroatoms. The molecule has 4 aromatic rings. The van der Waals surface area contributed by atoms with Gasteiger partial charge in [0.1, 0.15) is 17.5 Å². The average Bonchev–Trinajstić information content (AvgIpc) is 3.55. The van der Waals surface area contributed by atoms with Gasteiger partial charge >= 0.3 is 0 Å². The van der Waals surface area contributed by atoms with Crippen molar-refractivity contribution >= 4 is 17.5 Å². The third-order valence-electron chi connectivity index (χ3n) is 5.95. The van der Waals surface area contributed by atoms with Gasteiger partial charge in [-0.3, -0.25) is 9.48 Å². The summed E-state index contributed by atoms with van der Waals surface area (Å²) in [5.41, 5.74) is 3.23. The lowest BCUT2D eigenvalue weighted by molar-refractivity contribution is 0.0528. The maximum Gasteiger partial charge on any atom is 0.293 e. The Morgan fingerprint density at radius 2 is 2.12 bits per heavy atom. The van der Waals surface area contributed by atoms with E-state index in [-0.39, 0.29) is 17.7 Å². The minimum atomic E-state index is -0.250. The molecule has 33 heavy (non-hydrogen) atoms. The summed E-state index contributed by atoms with van der Waals surface area (Å²) in [6.45, 7) is 2.50. The molecule has 1 amide bonds. The number of oxazole rings is 1. The van der Waals surface area contributed by atoms with E-state index >= 15 is 0 Å². The smallest absolute Gasteiger partial charge is 0.293 e. The lowest BCUT2D eigenvalue weighted by Crippen LogP contribution is -2.38. The van der Waals surface area contributed by atoms with Crippen LogP contribution in [0.2, 0.25) is 5.02 Å². The summed E-state index contributed by atoms with van der Waals surface area (Å²) in [6, 6.07) is 9.09. The maximum atomic E-state index is 13.3. The van der Waals surface area contributed by atoms with Gasteiger partial charge in [-0.25, -0.2) is 4.98 Å². The molecule has 1 aromatic carbocycles. The number of amides is 1. The summed E-state index contributed by atoms with van der Waals surface area (Å²) in [5, 5.41) is 9.13. The number of aromatic nitrogens is 4. The van der Waals surface area contributed by atoms with Crippen molar-refractivity contribution in [1.82, 2.24) is 24.8 Å². The number of nitrogens with zero attached hydrogens (tertiary/aromatic N) is 5. The van der Waals surface area contributed by atoms with Crippen LogP contribution in [-0.2, 0) is 13.5 Å². The molecule has 1 aliphatic heterocycles. The zero-order valence-electron chi connectivity index (χ0n) is 18.5. The van der Waals surface area contributed by atoms with Gasteiger partial charge < -0.3 is 13.8 Å². The van der Waals surface area contributed by atoms with Crippen LogP contribution in [0.4, 0.5) is 0 Å². The largest absolute Gasteiger partial charge is 0.443 e. The van der Waals surface area contributed by atoms with Crippen molar-refractivity contribution in [2.24, 2.45) is 7.05 Å². The second-order valence-electron chi connectivity index (χ2n) is 8.32. The van der Waals surface area contributed by atoms with E-state index in [0.717, 1.165) is 36.1 Å². The highest BCUT2D eigenvalue weighted by atomic mass is 35.5. The van der Waals surface area contributed by atoms with Crippen molar-refractivity contribution in [3.05, 3.63) is 76.4 Å². The van der Waals surface area contributed by atoms with Gasteiger partial charge in [-0.1, -0.05) is 35.0 Å². The molecule has 3 aromatic heterocycles. The first kappa shape index (κ1) is 21.5. The van der Waals surface area contributed by atoms with Gasteiger partial charge in [-0.05, 0) is 37.8 Å². The van der Waals surface area contributed by atoms with Gasteiger partial charge in [-0.15, -0.1) is 0 Å². The minimum Gasteiger partial charge on any atom is -0.443 e. The first-order valence-corrected chi connectivity index (χ1v) is 11.3. The predicted octanol–water partition coefficient (Wildman–Crippen LogP) is 4.98. The Bertz CT molecular complexity index is 1290. The predicted molar refractivity (Wildman–Crippen MR) is 122 cm³/mol. The molecule has 0 unspecified atom stereocenters.